The first-order valence-electron chi connectivity index (χ1n) is 8.45. The molecule has 26 heavy (non-hydrogen) atoms. The van der Waals surface area contributed by atoms with Gasteiger partial charge in [-0.2, -0.15) is 0 Å². The molecule has 2 aromatic rings. The number of benzene rings is 1. The minimum Gasteiger partial charge on any atom is -0.495 e. The first kappa shape index (κ1) is 17.3. The molecule has 1 aliphatic carbocycles. The SMILES string of the molecule is COc1ccc(Cl)cc1N1CC(C(=O)Nc2nc(C3CC3)cs2)CC1=O. The number of thiazole rings is 1. The van der Waals surface area contributed by atoms with Gasteiger partial charge >= 0.3 is 0 Å². The Labute approximate surface area is 160 Å². The van der Waals surface area contributed by atoms with Crippen molar-refractivity contribution in [2.75, 3.05) is 23.9 Å². The number of methoxy groups -OCH3 is 1. The largest absolute Gasteiger partial charge is 0.495 e. The second-order valence-electron chi connectivity index (χ2n) is 6.56. The fraction of sp³-hybridized carbons (Fsp3) is 0.389. The molecule has 0 bridgehead atoms. The molecule has 8 heteroatoms. The molecule has 2 aliphatic rings. The van der Waals surface area contributed by atoms with E-state index in [-0.39, 0.29) is 18.2 Å². The van der Waals surface area contributed by atoms with Crippen LogP contribution >= 0.6 is 22.9 Å². The quantitative estimate of drug-likeness (QED) is 0.844. The van der Waals surface area contributed by atoms with E-state index in [1.807, 2.05) is 5.38 Å². The van der Waals surface area contributed by atoms with Crippen molar-refractivity contribution in [2.24, 2.45) is 5.92 Å². The van der Waals surface area contributed by atoms with E-state index in [0.29, 0.717) is 34.1 Å². The molecular weight excluding hydrogens is 374 g/mol. The lowest BCUT2D eigenvalue weighted by atomic mass is 10.1. The predicted octanol–water partition coefficient (Wildman–Crippen LogP) is 3.67. The van der Waals surface area contributed by atoms with Gasteiger partial charge in [-0.05, 0) is 31.0 Å². The summed E-state index contributed by atoms with van der Waals surface area (Å²) in [4.78, 5) is 31.1. The minimum atomic E-state index is -0.431. The van der Waals surface area contributed by atoms with Gasteiger partial charge in [0.2, 0.25) is 11.8 Å². The van der Waals surface area contributed by atoms with E-state index in [1.54, 1.807) is 23.1 Å². The highest BCUT2D eigenvalue weighted by Gasteiger charge is 2.37. The van der Waals surface area contributed by atoms with Gasteiger partial charge in [0.25, 0.3) is 0 Å². The molecule has 1 saturated carbocycles. The summed E-state index contributed by atoms with van der Waals surface area (Å²) in [6.07, 6.45) is 2.50. The lowest BCUT2D eigenvalue weighted by molar-refractivity contribution is -0.122. The van der Waals surface area contributed by atoms with E-state index < -0.39 is 5.92 Å². The Morgan fingerprint density at radius 1 is 1.42 bits per heavy atom. The number of nitrogens with one attached hydrogen (secondary N) is 1. The van der Waals surface area contributed by atoms with Crippen LogP contribution in [0.5, 0.6) is 5.75 Å². The highest BCUT2D eigenvalue weighted by molar-refractivity contribution is 7.13. The molecule has 2 amide bonds. The van der Waals surface area contributed by atoms with E-state index in [1.165, 1.54) is 31.3 Å². The van der Waals surface area contributed by atoms with Crippen molar-refractivity contribution >= 4 is 45.6 Å². The number of aromatic nitrogens is 1. The van der Waals surface area contributed by atoms with E-state index in [9.17, 15) is 9.59 Å². The zero-order valence-electron chi connectivity index (χ0n) is 14.2. The maximum atomic E-state index is 12.6. The lowest BCUT2D eigenvalue weighted by Gasteiger charge is -2.19. The van der Waals surface area contributed by atoms with Crippen LogP contribution < -0.4 is 15.0 Å². The molecule has 0 radical (unpaired) electrons. The van der Waals surface area contributed by atoms with Gasteiger partial charge in [0.15, 0.2) is 5.13 Å². The number of amides is 2. The number of hydrogen-bond acceptors (Lipinski definition) is 5. The van der Waals surface area contributed by atoms with Gasteiger partial charge in [0, 0.05) is 29.3 Å². The predicted molar refractivity (Wildman–Crippen MR) is 101 cm³/mol. The van der Waals surface area contributed by atoms with Crippen LogP contribution in [0.2, 0.25) is 5.02 Å². The van der Waals surface area contributed by atoms with Crippen LogP contribution in [0.3, 0.4) is 0 Å². The Bertz CT molecular complexity index is 865. The zero-order chi connectivity index (χ0) is 18.3. The minimum absolute atomic E-state index is 0.122. The number of carbonyl (C=O) groups is 2. The summed E-state index contributed by atoms with van der Waals surface area (Å²) in [6.45, 7) is 0.294. The number of halogens is 1. The van der Waals surface area contributed by atoms with Gasteiger partial charge in [-0.3, -0.25) is 9.59 Å². The third kappa shape index (κ3) is 3.41. The summed E-state index contributed by atoms with van der Waals surface area (Å²) < 4.78 is 5.32. The van der Waals surface area contributed by atoms with Gasteiger partial charge in [-0.15, -0.1) is 11.3 Å². The number of ether oxygens (including phenoxy) is 1. The van der Waals surface area contributed by atoms with Crippen molar-refractivity contribution < 1.29 is 14.3 Å². The number of hydrogen-bond donors (Lipinski definition) is 1. The van der Waals surface area contributed by atoms with Crippen LogP contribution in [0.4, 0.5) is 10.8 Å². The second-order valence-corrected chi connectivity index (χ2v) is 7.86. The van der Waals surface area contributed by atoms with E-state index in [0.717, 1.165) is 5.69 Å². The zero-order valence-corrected chi connectivity index (χ0v) is 15.8. The van der Waals surface area contributed by atoms with Crippen LogP contribution in [0.15, 0.2) is 23.6 Å². The fourth-order valence-corrected chi connectivity index (χ4v) is 4.07. The molecule has 1 aromatic heterocycles. The Kier molecular flexibility index (Phi) is 4.58. The number of carbonyl (C=O) groups excluding carboxylic acids is 2. The molecule has 0 spiro atoms. The Morgan fingerprint density at radius 3 is 2.96 bits per heavy atom. The van der Waals surface area contributed by atoms with Gasteiger partial charge in [-0.25, -0.2) is 4.98 Å². The molecule has 2 heterocycles. The van der Waals surface area contributed by atoms with Gasteiger partial charge in [0.1, 0.15) is 5.75 Å². The van der Waals surface area contributed by atoms with Crippen LogP contribution in [0, 0.1) is 5.92 Å². The molecule has 1 unspecified atom stereocenters. The number of anilines is 2. The smallest absolute Gasteiger partial charge is 0.231 e. The molecule has 1 aliphatic heterocycles. The topological polar surface area (TPSA) is 71.5 Å². The molecule has 1 atom stereocenters. The average Bonchev–Trinajstić information content (AvgIpc) is 3.25. The Morgan fingerprint density at radius 2 is 2.23 bits per heavy atom. The first-order valence-corrected chi connectivity index (χ1v) is 9.71. The molecule has 136 valence electrons. The Balaban J connectivity index is 1.46. The summed E-state index contributed by atoms with van der Waals surface area (Å²) in [5, 5.41) is 5.96. The molecule has 1 N–H and O–H groups in total. The Hall–Kier alpha value is -2.12. The van der Waals surface area contributed by atoms with Crippen molar-refractivity contribution in [3.8, 4) is 5.75 Å². The van der Waals surface area contributed by atoms with Crippen molar-refractivity contribution in [1.82, 2.24) is 4.98 Å². The third-order valence-electron chi connectivity index (χ3n) is 4.68. The van der Waals surface area contributed by atoms with Crippen LogP contribution in [-0.2, 0) is 9.59 Å². The fourth-order valence-electron chi connectivity index (χ4n) is 3.11. The summed E-state index contributed by atoms with van der Waals surface area (Å²) >= 11 is 7.49. The maximum absolute atomic E-state index is 12.6. The standard InChI is InChI=1S/C18H18ClN3O3S/c1-25-15-5-4-12(19)7-14(15)22-8-11(6-16(22)23)17(24)21-18-20-13(9-26-18)10-2-3-10/h4-5,7,9-11H,2-3,6,8H2,1H3,(H,20,21,24). The van der Waals surface area contributed by atoms with Crippen LogP contribution in [0.25, 0.3) is 0 Å². The van der Waals surface area contributed by atoms with E-state index in [4.69, 9.17) is 16.3 Å². The van der Waals surface area contributed by atoms with Crippen LogP contribution in [-0.4, -0.2) is 30.5 Å². The highest BCUT2D eigenvalue weighted by Crippen LogP contribution is 2.41. The van der Waals surface area contributed by atoms with Crippen molar-refractivity contribution in [3.05, 3.63) is 34.3 Å². The van der Waals surface area contributed by atoms with E-state index >= 15 is 0 Å². The number of nitrogens with zero attached hydrogens (tertiary/aromatic N) is 2. The maximum Gasteiger partial charge on any atom is 0.231 e. The van der Waals surface area contributed by atoms with Crippen molar-refractivity contribution in [2.45, 2.75) is 25.2 Å². The summed E-state index contributed by atoms with van der Waals surface area (Å²) in [6, 6.07) is 5.10. The van der Waals surface area contributed by atoms with E-state index in [2.05, 4.69) is 10.3 Å². The molecule has 2 fully saturated rings. The van der Waals surface area contributed by atoms with Crippen LogP contribution in [0.1, 0.15) is 30.9 Å². The monoisotopic (exact) mass is 391 g/mol. The summed E-state index contributed by atoms with van der Waals surface area (Å²) in [5.41, 5.74) is 1.64. The molecule has 4 rings (SSSR count). The lowest BCUT2D eigenvalue weighted by Crippen LogP contribution is -2.28. The van der Waals surface area contributed by atoms with Gasteiger partial charge < -0.3 is 15.0 Å². The highest BCUT2D eigenvalue weighted by atomic mass is 35.5. The summed E-state index contributed by atoms with van der Waals surface area (Å²) in [7, 11) is 1.54. The van der Waals surface area contributed by atoms with Crippen molar-refractivity contribution in [3.63, 3.8) is 0 Å². The normalized spacial score (nSPS) is 19.7. The van der Waals surface area contributed by atoms with Crippen molar-refractivity contribution in [1.29, 1.82) is 0 Å². The van der Waals surface area contributed by atoms with Gasteiger partial charge in [0.05, 0.1) is 24.4 Å². The molecular formula is C18H18ClN3O3S. The number of rotatable bonds is 5. The molecule has 1 aromatic carbocycles. The van der Waals surface area contributed by atoms with Gasteiger partial charge in [-0.1, -0.05) is 11.6 Å². The molecule has 1 saturated heterocycles. The first-order chi connectivity index (χ1) is 12.5. The third-order valence-corrected chi connectivity index (χ3v) is 5.69. The average molecular weight is 392 g/mol. The summed E-state index contributed by atoms with van der Waals surface area (Å²) in [5.74, 6) is 0.370. The second kappa shape index (κ2) is 6.89. The molecule has 6 nitrogen and oxygen atoms in total.